The topological polar surface area (TPSA) is 84.8 Å². The Bertz CT molecular complexity index is 1730. The zero-order chi connectivity index (χ0) is 29.5. The van der Waals surface area contributed by atoms with Crippen molar-refractivity contribution in [2.24, 2.45) is 5.10 Å². The van der Waals surface area contributed by atoms with Crippen molar-refractivity contribution in [1.82, 2.24) is 10.4 Å². The summed E-state index contributed by atoms with van der Waals surface area (Å²) < 4.78 is 25.8. The number of methoxy groups -OCH3 is 1. The number of nitrogens with zero attached hydrogens (tertiary/aromatic N) is 2. The molecule has 1 amide bonds. The lowest BCUT2D eigenvalue weighted by Gasteiger charge is -2.14. The van der Waals surface area contributed by atoms with Crippen molar-refractivity contribution < 1.29 is 18.7 Å². The van der Waals surface area contributed by atoms with Crippen LogP contribution in [0.4, 0.5) is 15.2 Å². The number of hydrogen-bond acceptors (Lipinski definition) is 7. The number of hydrazone groups is 1. The molecular weight excluding hydrogens is 643 g/mol. The third kappa shape index (κ3) is 7.33. The van der Waals surface area contributed by atoms with Crippen molar-refractivity contribution in [1.29, 1.82) is 0 Å². The van der Waals surface area contributed by atoms with Gasteiger partial charge in [0.25, 0.3) is 5.91 Å². The summed E-state index contributed by atoms with van der Waals surface area (Å²) in [5, 5.41) is 10.7. The highest BCUT2D eigenvalue weighted by Crippen LogP contribution is 2.37. The van der Waals surface area contributed by atoms with Gasteiger partial charge in [-0.3, -0.25) is 4.79 Å². The van der Waals surface area contributed by atoms with E-state index in [9.17, 15) is 9.18 Å². The Hall–Kier alpha value is -4.25. The maximum Gasteiger partial charge on any atom is 0.271 e. The maximum atomic E-state index is 14.0. The van der Waals surface area contributed by atoms with Gasteiger partial charge in [-0.2, -0.15) is 5.10 Å². The molecule has 5 rings (SSSR count). The van der Waals surface area contributed by atoms with Gasteiger partial charge in [0.1, 0.15) is 12.4 Å². The van der Waals surface area contributed by atoms with Crippen molar-refractivity contribution in [2.45, 2.75) is 6.61 Å². The van der Waals surface area contributed by atoms with Crippen LogP contribution in [0, 0.1) is 5.82 Å². The fourth-order valence-corrected chi connectivity index (χ4v) is 5.30. The molecule has 1 heterocycles. The molecule has 1 aromatic heterocycles. The van der Waals surface area contributed by atoms with Crippen LogP contribution in [-0.2, 0) is 6.61 Å². The predicted molar refractivity (Wildman–Crippen MR) is 169 cm³/mol. The number of rotatable bonds is 10. The zero-order valence-corrected chi connectivity index (χ0v) is 25.3. The molecule has 0 aliphatic heterocycles. The van der Waals surface area contributed by atoms with Gasteiger partial charge in [-0.05, 0) is 76.1 Å². The average Bonchev–Trinajstić information content (AvgIpc) is 3.47. The molecule has 0 fully saturated rings. The van der Waals surface area contributed by atoms with Crippen molar-refractivity contribution in [3.63, 3.8) is 0 Å². The highest BCUT2D eigenvalue weighted by atomic mass is 79.9. The van der Waals surface area contributed by atoms with Gasteiger partial charge in [0, 0.05) is 32.8 Å². The number of aromatic nitrogens is 1. The number of amides is 1. The minimum atomic E-state index is -0.364. The van der Waals surface area contributed by atoms with E-state index in [4.69, 9.17) is 21.1 Å². The molecule has 0 atom stereocenters. The first-order chi connectivity index (χ1) is 20.4. The molecule has 4 aromatic carbocycles. The number of anilines is 2. The SMILES string of the molecule is COc1cc(/C=N\NC(=O)c2ccc(-c3csc(Nc4ccc(Cl)cc4)n3)cc2)cc(Br)c1OCc1ccccc1F. The summed E-state index contributed by atoms with van der Waals surface area (Å²) in [6.45, 7) is 0.0356. The van der Waals surface area contributed by atoms with E-state index in [2.05, 4.69) is 36.8 Å². The van der Waals surface area contributed by atoms with Gasteiger partial charge in [0.05, 0.1) is 23.5 Å². The molecule has 11 heteroatoms. The van der Waals surface area contributed by atoms with Gasteiger partial charge in [-0.1, -0.05) is 41.9 Å². The number of halogens is 3. The Balaban J connectivity index is 1.19. The molecule has 42 heavy (non-hydrogen) atoms. The van der Waals surface area contributed by atoms with Crippen molar-refractivity contribution >= 4 is 61.8 Å². The Morgan fingerprint density at radius 3 is 2.60 bits per heavy atom. The molecule has 0 bridgehead atoms. The molecule has 212 valence electrons. The van der Waals surface area contributed by atoms with E-state index in [-0.39, 0.29) is 18.3 Å². The molecule has 2 N–H and O–H groups in total. The lowest BCUT2D eigenvalue weighted by Crippen LogP contribution is -2.17. The summed E-state index contributed by atoms with van der Waals surface area (Å²) in [4.78, 5) is 17.3. The van der Waals surface area contributed by atoms with Crippen molar-refractivity contribution in [2.75, 3.05) is 12.4 Å². The van der Waals surface area contributed by atoms with E-state index in [1.807, 2.05) is 41.8 Å². The summed E-state index contributed by atoms with van der Waals surface area (Å²) in [6, 6.07) is 24.4. The summed E-state index contributed by atoms with van der Waals surface area (Å²) in [5.74, 6) is 0.145. The molecule has 5 aromatic rings. The Morgan fingerprint density at radius 2 is 1.86 bits per heavy atom. The van der Waals surface area contributed by atoms with Crippen molar-refractivity contribution in [3.05, 3.63) is 122 Å². The summed E-state index contributed by atoms with van der Waals surface area (Å²) in [7, 11) is 1.51. The Kier molecular flexibility index (Phi) is 9.48. The second-order valence-corrected chi connectivity index (χ2v) is 11.0. The number of benzene rings is 4. The number of hydrogen-bond donors (Lipinski definition) is 2. The summed E-state index contributed by atoms with van der Waals surface area (Å²) in [5.41, 5.74) is 6.62. The van der Waals surface area contributed by atoms with Crippen LogP contribution in [0.25, 0.3) is 11.3 Å². The van der Waals surface area contributed by atoms with Gasteiger partial charge in [0.15, 0.2) is 16.6 Å². The molecule has 0 aliphatic rings. The number of carbonyl (C=O) groups is 1. The van der Waals surface area contributed by atoms with E-state index in [1.54, 1.807) is 42.5 Å². The van der Waals surface area contributed by atoms with E-state index in [0.29, 0.717) is 37.7 Å². The predicted octanol–water partition coefficient (Wildman–Crippen LogP) is 8.46. The van der Waals surface area contributed by atoms with Crippen LogP contribution >= 0.6 is 38.9 Å². The third-order valence-electron chi connectivity index (χ3n) is 6.00. The molecule has 0 saturated heterocycles. The zero-order valence-electron chi connectivity index (χ0n) is 22.1. The molecule has 0 aliphatic carbocycles. The van der Waals surface area contributed by atoms with E-state index in [0.717, 1.165) is 22.1 Å². The number of ether oxygens (including phenoxy) is 2. The van der Waals surface area contributed by atoms with Gasteiger partial charge >= 0.3 is 0 Å². The minimum absolute atomic E-state index is 0.0356. The van der Waals surface area contributed by atoms with Gasteiger partial charge in [0.2, 0.25) is 0 Å². The first kappa shape index (κ1) is 29.2. The molecule has 0 radical (unpaired) electrons. The Morgan fingerprint density at radius 1 is 1.10 bits per heavy atom. The highest BCUT2D eigenvalue weighted by Gasteiger charge is 2.13. The van der Waals surface area contributed by atoms with Crippen LogP contribution in [0.15, 0.2) is 99.9 Å². The largest absolute Gasteiger partial charge is 0.493 e. The number of nitrogens with one attached hydrogen (secondary N) is 2. The van der Waals surface area contributed by atoms with Gasteiger partial charge < -0.3 is 14.8 Å². The van der Waals surface area contributed by atoms with Gasteiger partial charge in [-0.15, -0.1) is 11.3 Å². The first-order valence-electron chi connectivity index (χ1n) is 12.6. The van der Waals surface area contributed by atoms with E-state index >= 15 is 0 Å². The molecule has 7 nitrogen and oxygen atoms in total. The molecule has 0 spiro atoms. The standard InChI is InChI=1S/C31H23BrClFN4O3S/c1-40-28-15-19(14-25(32)29(28)41-17-22-4-2-3-5-26(22)34)16-35-38-30(39)21-8-6-20(7-9-21)27-18-42-31(37-27)36-24-12-10-23(33)11-13-24/h2-16,18H,17H2,1H3,(H,36,37)(H,38,39)/b35-16-. The fourth-order valence-electron chi connectivity index (χ4n) is 3.86. The fraction of sp³-hybridized carbons (Fsp3) is 0.0645. The van der Waals surface area contributed by atoms with Gasteiger partial charge in [-0.25, -0.2) is 14.8 Å². The minimum Gasteiger partial charge on any atom is -0.493 e. The summed E-state index contributed by atoms with van der Waals surface area (Å²) in [6.07, 6.45) is 1.49. The maximum absolute atomic E-state index is 14.0. The van der Waals surface area contributed by atoms with Crippen LogP contribution < -0.4 is 20.2 Å². The molecule has 0 unspecified atom stereocenters. The lowest BCUT2D eigenvalue weighted by molar-refractivity contribution is 0.0955. The third-order valence-corrected chi connectivity index (χ3v) is 7.60. The first-order valence-corrected chi connectivity index (χ1v) is 14.6. The molecular formula is C31H23BrClFN4O3S. The van der Waals surface area contributed by atoms with Crippen LogP contribution in [0.2, 0.25) is 5.02 Å². The number of thiazole rings is 1. The van der Waals surface area contributed by atoms with Crippen molar-refractivity contribution in [3.8, 4) is 22.8 Å². The lowest BCUT2D eigenvalue weighted by atomic mass is 10.1. The second-order valence-electron chi connectivity index (χ2n) is 8.86. The smallest absolute Gasteiger partial charge is 0.271 e. The van der Waals surface area contributed by atoms with Crippen LogP contribution in [0.1, 0.15) is 21.5 Å². The highest BCUT2D eigenvalue weighted by molar-refractivity contribution is 9.10. The van der Waals surface area contributed by atoms with E-state index < -0.39 is 0 Å². The Labute approximate surface area is 259 Å². The van der Waals surface area contributed by atoms with Crippen LogP contribution in [0.3, 0.4) is 0 Å². The van der Waals surface area contributed by atoms with Crippen LogP contribution in [0.5, 0.6) is 11.5 Å². The normalized spacial score (nSPS) is 11.0. The van der Waals surface area contributed by atoms with E-state index in [1.165, 1.54) is 30.7 Å². The quantitative estimate of drug-likeness (QED) is 0.116. The second kappa shape index (κ2) is 13.6. The molecule has 0 saturated carbocycles. The average molecular weight is 666 g/mol. The monoisotopic (exact) mass is 664 g/mol. The summed E-state index contributed by atoms with van der Waals surface area (Å²) >= 11 is 10.9. The van der Waals surface area contributed by atoms with Crippen LogP contribution in [-0.4, -0.2) is 24.2 Å². The number of carbonyl (C=O) groups excluding carboxylic acids is 1.